The van der Waals surface area contributed by atoms with Gasteiger partial charge in [-0.3, -0.25) is 19.6 Å². The molecule has 0 atom stereocenters. The van der Waals surface area contributed by atoms with E-state index in [1.165, 1.54) is 111 Å². The van der Waals surface area contributed by atoms with E-state index in [0.717, 1.165) is 32.7 Å². The largest absolute Gasteiger partial charge is 0.357 e. The Morgan fingerprint density at radius 2 is 0.706 bits per heavy atom. The van der Waals surface area contributed by atoms with Gasteiger partial charge in [0, 0.05) is 65.4 Å². The van der Waals surface area contributed by atoms with E-state index < -0.39 is 0 Å². The van der Waals surface area contributed by atoms with Gasteiger partial charge in [-0.05, 0) is 38.8 Å². The van der Waals surface area contributed by atoms with Crippen LogP contribution in [-0.4, -0.2) is 137 Å². The van der Waals surface area contributed by atoms with Crippen LogP contribution in [0, 0.1) is 0 Å². The molecule has 34 heavy (non-hydrogen) atoms. The molecule has 206 valence electrons. The van der Waals surface area contributed by atoms with Crippen LogP contribution in [-0.2, 0) is 0 Å². The van der Waals surface area contributed by atoms with Crippen LogP contribution in [0.3, 0.4) is 0 Å². The quantitative estimate of drug-likeness (QED) is 0.0952. The molecule has 0 aliphatic heterocycles. The van der Waals surface area contributed by atoms with E-state index in [9.17, 15) is 0 Å². The van der Waals surface area contributed by atoms with Crippen molar-refractivity contribution in [3.63, 3.8) is 0 Å². The van der Waals surface area contributed by atoms with Crippen molar-refractivity contribution in [1.82, 2.24) is 19.6 Å². The molecule has 0 heterocycles. The Balaban J connectivity index is 4.87. The molecule has 0 saturated carbocycles. The monoisotopic (exact) mass is 491 g/mol. The summed E-state index contributed by atoms with van der Waals surface area (Å²) in [6.45, 7) is 30.2. The summed E-state index contributed by atoms with van der Waals surface area (Å²) in [5.74, 6) is 0. The van der Waals surface area contributed by atoms with Gasteiger partial charge >= 0.3 is 0 Å². The molecule has 0 rings (SSSR count). The van der Waals surface area contributed by atoms with E-state index in [0.29, 0.717) is 0 Å². The lowest BCUT2D eigenvalue weighted by atomic mass is 10.3. The van der Waals surface area contributed by atoms with Crippen molar-refractivity contribution in [2.45, 2.75) is 53.4 Å². The van der Waals surface area contributed by atoms with Gasteiger partial charge in [0.25, 0.3) is 0 Å². The van der Waals surface area contributed by atoms with Crippen LogP contribution < -0.4 is 22.1 Å². The van der Waals surface area contributed by atoms with Gasteiger partial charge < -0.3 is 22.1 Å². The Morgan fingerprint density at radius 3 is 1.03 bits per heavy atom. The Kier molecular flexibility index (Phi) is 25.5. The second-order valence-corrected chi connectivity index (χ2v) is 9.81. The van der Waals surface area contributed by atoms with Crippen molar-refractivity contribution in [3.8, 4) is 0 Å². The summed E-state index contributed by atoms with van der Waals surface area (Å²) in [5.41, 5.74) is 8.23. The normalized spacial score (nSPS) is 12.2. The molecule has 0 aromatic carbocycles. The van der Waals surface area contributed by atoms with Gasteiger partial charge in [-0.2, -0.15) is 0 Å². The first-order chi connectivity index (χ1) is 16.6. The first-order valence-electron chi connectivity index (χ1n) is 14.8. The minimum absolute atomic E-state index is 1.00. The molecular formula is C26H66N8+4. The summed E-state index contributed by atoms with van der Waals surface area (Å²) in [6.07, 6.45) is 5.00. The summed E-state index contributed by atoms with van der Waals surface area (Å²) >= 11 is 0. The smallest absolute Gasteiger partial charge is 0.0884 e. The third kappa shape index (κ3) is 19.9. The number of nitrogens with two attached hydrogens (primary N) is 2. The molecule has 0 aromatic rings. The molecule has 0 amide bonds. The van der Waals surface area contributed by atoms with Gasteiger partial charge in [0.1, 0.15) is 0 Å². The highest BCUT2D eigenvalue weighted by Crippen LogP contribution is 1.99. The van der Waals surface area contributed by atoms with Gasteiger partial charge in [0.15, 0.2) is 0 Å². The zero-order chi connectivity index (χ0) is 25.3. The van der Waals surface area contributed by atoms with Gasteiger partial charge in [0.05, 0.1) is 39.3 Å². The second kappa shape index (κ2) is 25.8. The van der Waals surface area contributed by atoms with Crippen LogP contribution in [0.25, 0.3) is 0 Å². The van der Waals surface area contributed by atoms with Crippen molar-refractivity contribution in [1.29, 1.82) is 0 Å². The van der Waals surface area contributed by atoms with E-state index in [-0.39, 0.29) is 0 Å². The summed E-state index contributed by atoms with van der Waals surface area (Å²) < 4.78 is 0. The minimum Gasteiger partial charge on any atom is -0.357 e. The summed E-state index contributed by atoms with van der Waals surface area (Å²) in [4.78, 5) is 10.7. The van der Waals surface area contributed by atoms with Crippen molar-refractivity contribution < 1.29 is 22.1 Å². The lowest BCUT2D eigenvalue weighted by Gasteiger charge is -2.31. The SMILES string of the molecule is CCC[NH2+]CCN(CCC)CCN(CCN(CCC)CC[NH3+])CCN(CC[NH3+])CC[NH2+]CCC. The molecule has 0 aliphatic rings. The van der Waals surface area contributed by atoms with Crippen LogP contribution in [0.4, 0.5) is 0 Å². The van der Waals surface area contributed by atoms with Crippen LogP contribution in [0.5, 0.6) is 0 Å². The molecule has 8 nitrogen and oxygen atoms in total. The zero-order valence-corrected chi connectivity index (χ0v) is 23.9. The third-order valence-corrected chi connectivity index (χ3v) is 6.51. The molecule has 10 N–H and O–H groups in total. The molecule has 0 bridgehead atoms. The number of hydrogen-bond acceptors (Lipinski definition) is 4. The molecular weight excluding hydrogens is 424 g/mol. The molecule has 0 spiro atoms. The van der Waals surface area contributed by atoms with E-state index >= 15 is 0 Å². The lowest BCUT2D eigenvalue weighted by Crippen LogP contribution is -2.85. The molecule has 0 aromatic heterocycles. The van der Waals surface area contributed by atoms with Gasteiger partial charge in [-0.1, -0.05) is 27.7 Å². The fourth-order valence-electron chi connectivity index (χ4n) is 4.51. The Morgan fingerprint density at radius 1 is 0.382 bits per heavy atom. The molecule has 0 aliphatic carbocycles. The predicted octanol–water partition coefficient (Wildman–Crippen LogP) is -2.56. The molecule has 0 radical (unpaired) electrons. The van der Waals surface area contributed by atoms with Gasteiger partial charge in [-0.15, -0.1) is 0 Å². The molecule has 0 saturated heterocycles. The van der Waals surface area contributed by atoms with E-state index in [2.05, 4.69) is 69.4 Å². The fourth-order valence-corrected chi connectivity index (χ4v) is 4.51. The number of nitrogens with zero attached hydrogens (tertiary/aromatic N) is 4. The number of rotatable bonds is 27. The predicted molar refractivity (Wildman–Crippen MR) is 146 cm³/mol. The van der Waals surface area contributed by atoms with Crippen molar-refractivity contribution >= 4 is 0 Å². The van der Waals surface area contributed by atoms with Gasteiger partial charge in [0.2, 0.25) is 0 Å². The highest BCUT2D eigenvalue weighted by atomic mass is 15.2. The van der Waals surface area contributed by atoms with Crippen molar-refractivity contribution in [2.24, 2.45) is 0 Å². The highest BCUT2D eigenvalue weighted by Gasteiger charge is 2.14. The van der Waals surface area contributed by atoms with Crippen molar-refractivity contribution in [3.05, 3.63) is 0 Å². The standard InChI is InChI=1S/C26H62N8/c1-5-11-29-13-19-32(16-8-4)22-25-34(24-21-31(15-7-3)17-9-27)26-23-33(18-10-28)20-14-30-12-6-2/h29-30H,5-28H2,1-4H3/p+4. The van der Waals surface area contributed by atoms with E-state index in [4.69, 9.17) is 0 Å². The number of quaternary nitrogens is 4. The summed E-state index contributed by atoms with van der Waals surface area (Å²) in [7, 11) is 0. The topological polar surface area (TPSA) is 101 Å². The first-order valence-corrected chi connectivity index (χ1v) is 14.8. The Labute approximate surface area is 213 Å². The summed E-state index contributed by atoms with van der Waals surface area (Å²) in [5, 5.41) is 4.95. The fraction of sp³-hybridized carbons (Fsp3) is 1.00. The zero-order valence-electron chi connectivity index (χ0n) is 23.9. The van der Waals surface area contributed by atoms with Crippen LogP contribution in [0.15, 0.2) is 0 Å². The Bertz CT molecular complexity index is 367. The lowest BCUT2D eigenvalue weighted by molar-refractivity contribution is -0.654. The first kappa shape index (κ1) is 33.7. The Hall–Kier alpha value is -0.320. The molecule has 0 fully saturated rings. The maximum atomic E-state index is 4.13. The average Bonchev–Trinajstić information content (AvgIpc) is 2.83. The minimum atomic E-state index is 1.00. The second-order valence-electron chi connectivity index (χ2n) is 9.81. The van der Waals surface area contributed by atoms with E-state index in [1.807, 2.05) is 0 Å². The molecule has 0 unspecified atom stereocenters. The number of hydrogen-bond donors (Lipinski definition) is 4. The van der Waals surface area contributed by atoms with Gasteiger partial charge in [-0.25, -0.2) is 0 Å². The third-order valence-electron chi connectivity index (χ3n) is 6.51. The maximum Gasteiger partial charge on any atom is 0.0884 e. The van der Waals surface area contributed by atoms with E-state index in [1.54, 1.807) is 0 Å². The van der Waals surface area contributed by atoms with Crippen molar-refractivity contribution in [2.75, 3.05) is 118 Å². The molecule has 8 heteroatoms. The average molecular weight is 491 g/mol. The van der Waals surface area contributed by atoms with Crippen LogP contribution >= 0.6 is 0 Å². The summed E-state index contributed by atoms with van der Waals surface area (Å²) in [6, 6.07) is 0. The highest BCUT2D eigenvalue weighted by molar-refractivity contribution is 4.69. The van der Waals surface area contributed by atoms with Crippen LogP contribution in [0.1, 0.15) is 53.4 Å². The maximum absolute atomic E-state index is 4.13. The van der Waals surface area contributed by atoms with Crippen LogP contribution in [0.2, 0.25) is 0 Å².